The maximum Gasteiger partial charge on any atom is 0.262 e. The van der Waals surface area contributed by atoms with Crippen molar-refractivity contribution in [3.05, 3.63) is 76.5 Å². The highest BCUT2D eigenvalue weighted by Gasteiger charge is 2.15. The SMILES string of the molecule is CNC(=O)CNc1nc(Cn2c(=O)c3ccccc3n3nc(C)cc23)nc2ccccc12. The number of anilines is 1. The molecule has 5 aromatic rings. The number of likely N-dealkylation sites (N-methyl/N-ethyl adjacent to an activating group) is 1. The summed E-state index contributed by atoms with van der Waals surface area (Å²) in [4.78, 5) is 34.4. The van der Waals surface area contributed by atoms with Crippen molar-refractivity contribution in [3.63, 3.8) is 0 Å². The molecule has 0 radical (unpaired) electrons. The Morgan fingerprint density at radius 3 is 2.59 bits per heavy atom. The van der Waals surface area contributed by atoms with Crippen LogP contribution in [0.4, 0.5) is 5.82 Å². The van der Waals surface area contributed by atoms with Crippen molar-refractivity contribution in [1.82, 2.24) is 29.5 Å². The predicted octanol–water partition coefficient (Wildman–Crippen LogP) is 2.11. The Kier molecular flexibility index (Phi) is 4.78. The number of hydrogen-bond acceptors (Lipinski definition) is 6. The predicted molar refractivity (Wildman–Crippen MR) is 123 cm³/mol. The third-order valence-corrected chi connectivity index (χ3v) is 5.34. The van der Waals surface area contributed by atoms with E-state index in [-0.39, 0.29) is 24.6 Å². The van der Waals surface area contributed by atoms with Gasteiger partial charge in [0.2, 0.25) is 5.91 Å². The van der Waals surface area contributed by atoms with Crippen molar-refractivity contribution >= 4 is 39.2 Å². The number of carbonyl (C=O) groups excluding carboxylic acids is 1. The summed E-state index contributed by atoms with van der Waals surface area (Å²) in [5.74, 6) is 0.849. The third-order valence-electron chi connectivity index (χ3n) is 5.34. The number of carbonyl (C=O) groups is 1. The smallest absolute Gasteiger partial charge is 0.262 e. The molecule has 0 saturated carbocycles. The molecule has 0 unspecified atom stereocenters. The van der Waals surface area contributed by atoms with E-state index in [4.69, 9.17) is 0 Å². The molecule has 3 aromatic heterocycles. The van der Waals surface area contributed by atoms with Gasteiger partial charge in [-0.05, 0) is 31.2 Å². The van der Waals surface area contributed by atoms with Gasteiger partial charge in [0.1, 0.15) is 11.5 Å². The highest BCUT2D eigenvalue weighted by molar-refractivity contribution is 5.91. The Morgan fingerprint density at radius 2 is 1.78 bits per heavy atom. The van der Waals surface area contributed by atoms with Crippen LogP contribution in [0, 0.1) is 6.92 Å². The Hall–Kier alpha value is -4.27. The quantitative estimate of drug-likeness (QED) is 0.445. The van der Waals surface area contributed by atoms with Crippen LogP contribution in [0.15, 0.2) is 59.4 Å². The molecule has 0 aliphatic carbocycles. The second kappa shape index (κ2) is 7.77. The first-order chi connectivity index (χ1) is 15.5. The van der Waals surface area contributed by atoms with Gasteiger partial charge in [-0.15, -0.1) is 0 Å². The molecule has 0 aliphatic heterocycles. The zero-order chi connectivity index (χ0) is 22.2. The van der Waals surface area contributed by atoms with Crippen molar-refractivity contribution in [2.45, 2.75) is 13.5 Å². The molecule has 3 heterocycles. The van der Waals surface area contributed by atoms with Crippen LogP contribution in [-0.4, -0.2) is 43.6 Å². The van der Waals surface area contributed by atoms with Crippen LogP contribution in [0.2, 0.25) is 0 Å². The van der Waals surface area contributed by atoms with Gasteiger partial charge in [0.05, 0.1) is 35.2 Å². The number of fused-ring (bicyclic) bond motifs is 4. The maximum absolute atomic E-state index is 13.4. The van der Waals surface area contributed by atoms with Crippen molar-refractivity contribution in [1.29, 1.82) is 0 Å². The largest absolute Gasteiger partial charge is 0.360 e. The van der Waals surface area contributed by atoms with Crippen LogP contribution < -0.4 is 16.2 Å². The molecule has 1 amide bonds. The van der Waals surface area contributed by atoms with E-state index in [1.807, 2.05) is 55.5 Å². The summed E-state index contributed by atoms with van der Waals surface area (Å²) in [6, 6.07) is 16.8. The lowest BCUT2D eigenvalue weighted by Crippen LogP contribution is -2.27. The van der Waals surface area contributed by atoms with E-state index in [0.29, 0.717) is 22.7 Å². The summed E-state index contributed by atoms with van der Waals surface area (Å²) in [7, 11) is 1.58. The minimum atomic E-state index is -0.156. The molecule has 2 N–H and O–H groups in total. The molecule has 160 valence electrons. The fourth-order valence-electron chi connectivity index (χ4n) is 3.82. The van der Waals surface area contributed by atoms with Crippen molar-refractivity contribution in [3.8, 4) is 0 Å². The fraction of sp³-hybridized carbons (Fsp3) is 0.174. The van der Waals surface area contributed by atoms with Gasteiger partial charge < -0.3 is 10.6 Å². The first-order valence-electron chi connectivity index (χ1n) is 10.2. The highest BCUT2D eigenvalue weighted by atomic mass is 16.1. The van der Waals surface area contributed by atoms with Gasteiger partial charge >= 0.3 is 0 Å². The molecule has 0 atom stereocenters. The Bertz CT molecular complexity index is 1550. The van der Waals surface area contributed by atoms with Gasteiger partial charge in [-0.2, -0.15) is 5.10 Å². The minimum absolute atomic E-state index is 0.0823. The third kappa shape index (κ3) is 3.33. The molecule has 0 spiro atoms. The van der Waals surface area contributed by atoms with Crippen molar-refractivity contribution in [2.75, 3.05) is 18.9 Å². The number of rotatable bonds is 5. The average Bonchev–Trinajstić information content (AvgIpc) is 3.21. The van der Waals surface area contributed by atoms with Gasteiger partial charge in [0.15, 0.2) is 5.82 Å². The second-order valence-corrected chi connectivity index (χ2v) is 7.50. The Labute approximate surface area is 182 Å². The molecule has 5 rings (SSSR count). The zero-order valence-electron chi connectivity index (χ0n) is 17.7. The van der Waals surface area contributed by atoms with Gasteiger partial charge in [-0.3, -0.25) is 14.2 Å². The number of para-hydroxylation sites is 2. The molecule has 9 heteroatoms. The minimum Gasteiger partial charge on any atom is -0.360 e. The van der Waals surface area contributed by atoms with E-state index in [2.05, 4.69) is 25.7 Å². The number of nitrogens with one attached hydrogen (secondary N) is 2. The molecule has 2 aromatic carbocycles. The lowest BCUT2D eigenvalue weighted by molar-refractivity contribution is -0.118. The number of hydrogen-bond donors (Lipinski definition) is 2. The standard InChI is InChI=1S/C23H21N7O2/c1-14-11-21-29(23(32)16-8-4-6-10-18(16)30(21)28-14)13-19-26-17-9-5-3-7-15(17)22(27-19)25-12-20(31)24-2/h3-11H,12-13H2,1-2H3,(H,24,31)(H,25,26,27). The number of nitrogens with zero attached hydrogens (tertiary/aromatic N) is 5. The van der Waals surface area contributed by atoms with Crippen LogP contribution in [0.25, 0.3) is 27.5 Å². The highest BCUT2D eigenvalue weighted by Crippen LogP contribution is 2.21. The van der Waals surface area contributed by atoms with E-state index in [0.717, 1.165) is 22.1 Å². The summed E-state index contributed by atoms with van der Waals surface area (Å²) in [6.45, 7) is 2.14. The molecule has 0 fully saturated rings. The molecular formula is C23H21N7O2. The van der Waals surface area contributed by atoms with Crippen LogP contribution in [0.5, 0.6) is 0 Å². The van der Waals surface area contributed by atoms with Gasteiger partial charge in [-0.1, -0.05) is 24.3 Å². The lowest BCUT2D eigenvalue weighted by Gasteiger charge is -2.13. The van der Waals surface area contributed by atoms with Crippen LogP contribution in [-0.2, 0) is 11.3 Å². The lowest BCUT2D eigenvalue weighted by atomic mass is 10.2. The van der Waals surface area contributed by atoms with Crippen LogP contribution in [0.1, 0.15) is 11.5 Å². The molecule has 0 saturated heterocycles. The van der Waals surface area contributed by atoms with E-state index in [1.54, 1.807) is 22.2 Å². The van der Waals surface area contributed by atoms with Gasteiger partial charge in [0.25, 0.3) is 5.56 Å². The Balaban J connectivity index is 1.66. The van der Waals surface area contributed by atoms with E-state index in [9.17, 15) is 9.59 Å². The van der Waals surface area contributed by atoms with E-state index < -0.39 is 0 Å². The van der Waals surface area contributed by atoms with E-state index >= 15 is 0 Å². The molecular weight excluding hydrogens is 406 g/mol. The van der Waals surface area contributed by atoms with Crippen LogP contribution >= 0.6 is 0 Å². The Morgan fingerprint density at radius 1 is 1.03 bits per heavy atom. The number of aryl methyl sites for hydroxylation is 1. The summed E-state index contributed by atoms with van der Waals surface area (Å²) in [6.07, 6.45) is 0. The molecule has 0 aliphatic rings. The van der Waals surface area contributed by atoms with Crippen molar-refractivity contribution in [2.24, 2.45) is 0 Å². The monoisotopic (exact) mass is 427 g/mol. The van der Waals surface area contributed by atoms with Crippen molar-refractivity contribution < 1.29 is 4.79 Å². The number of aromatic nitrogens is 5. The summed E-state index contributed by atoms with van der Waals surface area (Å²) < 4.78 is 3.41. The molecule has 9 nitrogen and oxygen atoms in total. The second-order valence-electron chi connectivity index (χ2n) is 7.50. The normalized spacial score (nSPS) is 11.3. The average molecular weight is 427 g/mol. The summed E-state index contributed by atoms with van der Waals surface area (Å²) in [5, 5.41) is 11.6. The van der Waals surface area contributed by atoms with Gasteiger partial charge in [0, 0.05) is 18.5 Å². The maximum atomic E-state index is 13.4. The number of benzene rings is 2. The summed E-state index contributed by atoms with van der Waals surface area (Å²) >= 11 is 0. The fourth-order valence-corrected chi connectivity index (χ4v) is 3.82. The zero-order valence-corrected chi connectivity index (χ0v) is 17.7. The molecule has 0 bridgehead atoms. The topological polar surface area (TPSA) is 106 Å². The summed E-state index contributed by atoms with van der Waals surface area (Å²) in [5.41, 5.74) is 2.82. The molecule has 32 heavy (non-hydrogen) atoms. The van der Waals surface area contributed by atoms with Crippen LogP contribution in [0.3, 0.4) is 0 Å². The first-order valence-corrected chi connectivity index (χ1v) is 10.2. The first kappa shape index (κ1) is 19.7. The van der Waals surface area contributed by atoms with E-state index in [1.165, 1.54) is 0 Å². The number of amides is 1. The van der Waals surface area contributed by atoms with Gasteiger partial charge in [-0.25, -0.2) is 14.5 Å².